The molecular formula is C24H31N3O3Si. The van der Waals surface area contributed by atoms with E-state index >= 15 is 0 Å². The second-order valence-electron chi connectivity index (χ2n) is 9.89. The molecule has 2 heterocycles. The Morgan fingerprint density at radius 3 is 2.48 bits per heavy atom. The van der Waals surface area contributed by atoms with Crippen molar-refractivity contribution in [3.8, 4) is 11.5 Å². The van der Waals surface area contributed by atoms with Crippen molar-refractivity contribution in [1.82, 2.24) is 10.2 Å². The first kappa shape index (κ1) is 21.8. The van der Waals surface area contributed by atoms with Crippen molar-refractivity contribution < 1.29 is 14.4 Å². The minimum atomic E-state index is -1.32. The molecule has 0 radical (unpaired) electrons. The fraction of sp³-hybridized carbons (Fsp3) is 0.542. The van der Waals surface area contributed by atoms with Gasteiger partial charge in [0.2, 0.25) is 11.8 Å². The van der Waals surface area contributed by atoms with Crippen molar-refractivity contribution >= 4 is 31.4 Å². The van der Waals surface area contributed by atoms with Gasteiger partial charge in [0.25, 0.3) is 0 Å². The smallest absolute Gasteiger partial charge is 0.230 e. The van der Waals surface area contributed by atoms with Crippen LogP contribution in [-0.2, 0) is 16.0 Å². The lowest BCUT2D eigenvalue weighted by Crippen LogP contribution is -2.46. The van der Waals surface area contributed by atoms with Gasteiger partial charge in [-0.2, -0.15) is 0 Å². The van der Waals surface area contributed by atoms with Gasteiger partial charge in [0.1, 0.15) is 8.07 Å². The Labute approximate surface area is 185 Å². The summed E-state index contributed by atoms with van der Waals surface area (Å²) < 4.78 is 0. The summed E-state index contributed by atoms with van der Waals surface area (Å²) in [4.78, 5) is 41.4. The molecular weight excluding hydrogens is 406 g/mol. The Balaban J connectivity index is 1.38. The maximum absolute atomic E-state index is 12.9. The van der Waals surface area contributed by atoms with Gasteiger partial charge >= 0.3 is 0 Å². The molecule has 2 atom stereocenters. The standard InChI is InChI=1S/C24H31N3O3Si/c1-31(2,3)14-4-9-26-10-12-27(13-11-26)18-5-6-19-17(15-18)16-21(23(19)29)20-7-8-22(28)25-24(20)30/h5-6,15,20-21H,7-13,16H2,1-3H3,(H,25,28,30). The molecule has 1 aromatic rings. The highest BCUT2D eigenvalue weighted by Crippen LogP contribution is 2.36. The number of anilines is 1. The Bertz CT molecular complexity index is 965. The molecule has 1 aliphatic carbocycles. The van der Waals surface area contributed by atoms with E-state index in [2.05, 4.69) is 52.3 Å². The molecule has 1 N–H and O–H groups in total. The third-order valence-electron chi connectivity index (χ3n) is 6.40. The molecule has 7 heteroatoms. The normalized spacial score (nSPS) is 24.5. The second kappa shape index (κ2) is 8.60. The Morgan fingerprint density at radius 2 is 1.81 bits per heavy atom. The highest BCUT2D eigenvalue weighted by atomic mass is 28.3. The van der Waals surface area contributed by atoms with E-state index in [9.17, 15) is 14.4 Å². The molecule has 2 saturated heterocycles. The van der Waals surface area contributed by atoms with Gasteiger partial charge in [0.15, 0.2) is 5.78 Å². The van der Waals surface area contributed by atoms with Gasteiger partial charge in [0, 0.05) is 55.7 Å². The molecule has 2 unspecified atom stereocenters. The first-order valence-electron chi connectivity index (χ1n) is 11.2. The van der Waals surface area contributed by atoms with Crippen molar-refractivity contribution in [3.05, 3.63) is 29.3 Å². The molecule has 31 heavy (non-hydrogen) atoms. The second-order valence-corrected chi connectivity index (χ2v) is 14.6. The number of fused-ring (bicyclic) bond motifs is 1. The lowest BCUT2D eigenvalue weighted by atomic mass is 9.83. The van der Waals surface area contributed by atoms with Crippen LogP contribution in [0.25, 0.3) is 0 Å². The van der Waals surface area contributed by atoms with Gasteiger partial charge in [-0.05, 0) is 36.6 Å². The SMILES string of the molecule is C[Si](C)(C)C#CCN1CCN(c2ccc3c(c2)CC(C2CCC(=O)NC2=O)C3=O)CC1. The lowest BCUT2D eigenvalue weighted by molar-refractivity contribution is -0.137. The maximum atomic E-state index is 12.9. The van der Waals surface area contributed by atoms with Gasteiger partial charge in [-0.3, -0.25) is 24.6 Å². The van der Waals surface area contributed by atoms with Crippen LogP contribution in [0.15, 0.2) is 18.2 Å². The number of nitrogens with zero attached hydrogens (tertiary/aromatic N) is 2. The largest absolute Gasteiger partial charge is 0.369 e. The molecule has 6 nitrogen and oxygen atoms in total. The van der Waals surface area contributed by atoms with Crippen LogP contribution in [-0.4, -0.2) is 63.3 Å². The number of carbonyl (C=O) groups is 3. The van der Waals surface area contributed by atoms with Crippen LogP contribution in [0.2, 0.25) is 19.6 Å². The number of imide groups is 1. The number of benzene rings is 1. The van der Waals surface area contributed by atoms with Crippen molar-refractivity contribution in [2.45, 2.75) is 38.9 Å². The Morgan fingerprint density at radius 1 is 1.06 bits per heavy atom. The molecule has 164 valence electrons. The maximum Gasteiger partial charge on any atom is 0.230 e. The Hall–Kier alpha value is -2.43. The monoisotopic (exact) mass is 437 g/mol. The number of nitrogens with one attached hydrogen (secondary N) is 1. The van der Waals surface area contributed by atoms with Crippen LogP contribution >= 0.6 is 0 Å². The third-order valence-corrected chi connectivity index (χ3v) is 7.33. The molecule has 2 fully saturated rings. The first-order valence-corrected chi connectivity index (χ1v) is 14.7. The summed E-state index contributed by atoms with van der Waals surface area (Å²) in [7, 11) is -1.32. The number of ketones is 1. The van der Waals surface area contributed by atoms with Crippen LogP contribution in [0.4, 0.5) is 5.69 Å². The van der Waals surface area contributed by atoms with Crippen LogP contribution < -0.4 is 10.2 Å². The zero-order chi connectivity index (χ0) is 22.2. The number of piperidine rings is 1. The fourth-order valence-corrected chi connectivity index (χ4v) is 5.32. The summed E-state index contributed by atoms with van der Waals surface area (Å²) in [6.07, 6.45) is 1.36. The minimum Gasteiger partial charge on any atom is -0.369 e. The third kappa shape index (κ3) is 4.91. The molecule has 4 rings (SSSR count). The van der Waals surface area contributed by atoms with E-state index in [1.807, 2.05) is 12.1 Å². The van der Waals surface area contributed by atoms with E-state index in [-0.39, 0.29) is 23.5 Å². The minimum absolute atomic E-state index is 0.0434. The summed E-state index contributed by atoms with van der Waals surface area (Å²) in [5.41, 5.74) is 6.34. The number of carbonyl (C=O) groups excluding carboxylic acids is 3. The number of amides is 2. The number of Topliss-reactive ketones (excluding diaryl/α,β-unsaturated/α-hetero) is 1. The van der Waals surface area contributed by atoms with E-state index < -0.39 is 14.0 Å². The number of piperazine rings is 1. The molecule has 0 bridgehead atoms. The number of hydrogen-bond acceptors (Lipinski definition) is 5. The van der Waals surface area contributed by atoms with E-state index in [0.29, 0.717) is 19.3 Å². The summed E-state index contributed by atoms with van der Waals surface area (Å²) in [5.74, 6) is 2.12. The topological polar surface area (TPSA) is 69.7 Å². The molecule has 2 aliphatic heterocycles. The van der Waals surface area contributed by atoms with E-state index in [1.54, 1.807) is 0 Å². The van der Waals surface area contributed by atoms with Crippen molar-refractivity contribution in [1.29, 1.82) is 0 Å². The van der Waals surface area contributed by atoms with Crippen LogP contribution in [0.5, 0.6) is 0 Å². The van der Waals surface area contributed by atoms with Crippen molar-refractivity contribution in [2.24, 2.45) is 11.8 Å². The molecule has 0 aromatic heterocycles. The summed E-state index contributed by atoms with van der Waals surface area (Å²) >= 11 is 0. The average molecular weight is 438 g/mol. The van der Waals surface area contributed by atoms with Gasteiger partial charge in [-0.1, -0.05) is 25.6 Å². The quantitative estimate of drug-likeness (QED) is 0.446. The van der Waals surface area contributed by atoms with Gasteiger partial charge < -0.3 is 4.90 Å². The summed E-state index contributed by atoms with van der Waals surface area (Å²) in [6.45, 7) is 11.5. The molecule has 0 saturated carbocycles. The molecule has 2 amide bonds. The van der Waals surface area contributed by atoms with Gasteiger partial charge in [-0.15, -0.1) is 5.54 Å². The number of rotatable bonds is 3. The number of hydrogen-bond donors (Lipinski definition) is 1. The van der Waals surface area contributed by atoms with Gasteiger partial charge in [0.05, 0.1) is 6.54 Å². The van der Waals surface area contributed by atoms with E-state index in [4.69, 9.17) is 0 Å². The van der Waals surface area contributed by atoms with E-state index in [1.165, 1.54) is 0 Å². The van der Waals surface area contributed by atoms with Crippen molar-refractivity contribution in [2.75, 3.05) is 37.6 Å². The predicted octanol–water partition coefficient (Wildman–Crippen LogP) is 2.10. The zero-order valence-electron chi connectivity index (χ0n) is 18.7. The first-order chi connectivity index (χ1) is 14.7. The lowest BCUT2D eigenvalue weighted by Gasteiger charge is -2.35. The fourth-order valence-electron chi connectivity index (χ4n) is 4.72. The average Bonchev–Trinajstić information content (AvgIpc) is 3.03. The van der Waals surface area contributed by atoms with Crippen molar-refractivity contribution in [3.63, 3.8) is 0 Å². The van der Waals surface area contributed by atoms with Gasteiger partial charge in [-0.25, -0.2) is 0 Å². The molecule has 0 spiro atoms. The Kier molecular flexibility index (Phi) is 6.04. The summed E-state index contributed by atoms with van der Waals surface area (Å²) in [5, 5.41) is 2.39. The highest BCUT2D eigenvalue weighted by molar-refractivity contribution is 6.83. The van der Waals surface area contributed by atoms with E-state index in [0.717, 1.165) is 49.5 Å². The predicted molar refractivity (Wildman–Crippen MR) is 124 cm³/mol. The van der Waals surface area contributed by atoms with Crippen LogP contribution in [0, 0.1) is 23.3 Å². The summed E-state index contributed by atoms with van der Waals surface area (Å²) in [6, 6.07) is 6.08. The zero-order valence-corrected chi connectivity index (χ0v) is 19.7. The molecule has 3 aliphatic rings. The van der Waals surface area contributed by atoms with Crippen LogP contribution in [0.1, 0.15) is 28.8 Å². The molecule has 1 aromatic carbocycles. The van der Waals surface area contributed by atoms with Crippen LogP contribution in [0.3, 0.4) is 0 Å². The highest BCUT2D eigenvalue weighted by Gasteiger charge is 2.42.